The molecule has 0 radical (unpaired) electrons. The van der Waals surface area contributed by atoms with Crippen LogP contribution < -0.4 is 10.2 Å². The lowest BCUT2D eigenvalue weighted by Crippen LogP contribution is -2.04. The maximum Gasteiger partial charge on any atom is 0.139 e. The van der Waals surface area contributed by atoms with Crippen LogP contribution in [-0.4, -0.2) is 18.8 Å². The highest BCUT2D eigenvalue weighted by molar-refractivity contribution is 9.18. The molecule has 0 amide bonds. The molecule has 0 aliphatic carbocycles. The largest absolute Gasteiger partial charge is 0.496 e. The lowest BCUT2D eigenvalue weighted by molar-refractivity contribution is 0.410. The Morgan fingerprint density at radius 1 is 1.57 bits per heavy atom. The van der Waals surface area contributed by atoms with Gasteiger partial charge in [-0.25, -0.2) is 4.39 Å². The number of rotatable bonds is 3. The second-order valence-electron chi connectivity index (χ2n) is 2.44. The van der Waals surface area contributed by atoms with E-state index in [0.717, 1.165) is 0 Å². The van der Waals surface area contributed by atoms with Crippen molar-refractivity contribution in [2.45, 2.75) is 0 Å². The van der Waals surface area contributed by atoms with E-state index in [0.29, 0.717) is 15.9 Å². The minimum absolute atomic E-state index is 0.310. The molecule has 14 heavy (non-hydrogen) atoms. The van der Waals surface area contributed by atoms with Gasteiger partial charge in [-0.3, -0.25) is 0 Å². The van der Waals surface area contributed by atoms with Gasteiger partial charge in [0, 0.05) is 7.05 Å². The zero-order chi connectivity index (χ0) is 10.6. The van der Waals surface area contributed by atoms with Crippen LogP contribution in [0.5, 0.6) is 5.75 Å². The van der Waals surface area contributed by atoms with Gasteiger partial charge < -0.3 is 10.2 Å². The van der Waals surface area contributed by atoms with Gasteiger partial charge in [-0.2, -0.15) is 5.10 Å². The number of ether oxygens (including phenoxy) is 1. The Balaban J connectivity index is 3.23. The molecule has 0 saturated carbocycles. The van der Waals surface area contributed by atoms with Gasteiger partial charge in [0.15, 0.2) is 0 Å². The van der Waals surface area contributed by atoms with E-state index in [9.17, 15) is 4.39 Å². The molecule has 1 aromatic rings. The van der Waals surface area contributed by atoms with Crippen LogP contribution in [0.1, 0.15) is 5.56 Å². The van der Waals surface area contributed by atoms with Gasteiger partial charge in [0.25, 0.3) is 0 Å². The molecule has 1 aromatic carbocycles. The van der Waals surface area contributed by atoms with Crippen LogP contribution >= 0.6 is 15.9 Å². The molecule has 0 aliphatic heterocycles. The van der Waals surface area contributed by atoms with Crippen LogP contribution in [0, 0.1) is 5.82 Å². The molecule has 0 bridgehead atoms. The summed E-state index contributed by atoms with van der Waals surface area (Å²) in [5, 5.41) is 3.83. The standard InChI is InChI=1S/C9H10BrFN2O/c1-12-13-9(10)8-6(11)4-3-5-7(8)14-2/h3-5,12H,1-2H3. The maximum atomic E-state index is 13.4. The lowest BCUT2D eigenvalue weighted by atomic mass is 10.2. The number of hydrogen-bond donors (Lipinski definition) is 1. The Bertz CT molecular complexity index is 355. The zero-order valence-corrected chi connectivity index (χ0v) is 9.43. The molecule has 76 valence electrons. The van der Waals surface area contributed by atoms with Crippen molar-refractivity contribution in [1.82, 2.24) is 5.43 Å². The van der Waals surface area contributed by atoms with Gasteiger partial charge in [0.1, 0.15) is 16.2 Å². The highest BCUT2D eigenvalue weighted by Crippen LogP contribution is 2.23. The van der Waals surface area contributed by atoms with Crippen molar-refractivity contribution in [2.24, 2.45) is 5.10 Å². The number of nitrogens with zero attached hydrogens (tertiary/aromatic N) is 1. The Hall–Kier alpha value is -1.10. The topological polar surface area (TPSA) is 33.6 Å². The SMILES string of the molecule is CNN=C(Br)c1c(F)cccc1OC. The fraction of sp³-hybridized carbons (Fsp3) is 0.222. The van der Waals surface area contributed by atoms with Crippen LogP contribution in [0.25, 0.3) is 0 Å². The van der Waals surface area contributed by atoms with Crippen molar-refractivity contribution in [3.8, 4) is 5.75 Å². The van der Waals surface area contributed by atoms with Crippen molar-refractivity contribution < 1.29 is 9.13 Å². The number of nitrogens with one attached hydrogen (secondary N) is 1. The minimum Gasteiger partial charge on any atom is -0.496 e. The average molecular weight is 261 g/mol. The molecule has 0 unspecified atom stereocenters. The van der Waals surface area contributed by atoms with Crippen LogP contribution in [0.3, 0.4) is 0 Å². The second-order valence-corrected chi connectivity index (χ2v) is 3.19. The first-order chi connectivity index (χ1) is 6.70. The predicted molar refractivity (Wildman–Crippen MR) is 57.5 cm³/mol. The Kier molecular flexibility index (Phi) is 3.88. The third-order valence-corrected chi connectivity index (χ3v) is 2.19. The van der Waals surface area contributed by atoms with E-state index in [1.807, 2.05) is 0 Å². The van der Waals surface area contributed by atoms with E-state index in [2.05, 4.69) is 26.5 Å². The van der Waals surface area contributed by atoms with Crippen LogP contribution in [0.2, 0.25) is 0 Å². The summed E-state index contributed by atoms with van der Waals surface area (Å²) >= 11 is 3.16. The third-order valence-electron chi connectivity index (χ3n) is 1.61. The number of hydrazone groups is 1. The molecular formula is C9H10BrFN2O. The Morgan fingerprint density at radius 3 is 2.86 bits per heavy atom. The second kappa shape index (κ2) is 4.95. The summed E-state index contributed by atoms with van der Waals surface area (Å²) in [6, 6.07) is 4.60. The van der Waals surface area contributed by atoms with Crippen LogP contribution in [-0.2, 0) is 0 Å². The predicted octanol–water partition coefficient (Wildman–Crippen LogP) is 2.11. The summed E-state index contributed by atoms with van der Waals surface area (Å²) in [6.07, 6.45) is 0. The van der Waals surface area contributed by atoms with Gasteiger partial charge in [0.05, 0.1) is 12.7 Å². The van der Waals surface area contributed by atoms with Crippen molar-refractivity contribution in [2.75, 3.05) is 14.2 Å². The first-order valence-electron chi connectivity index (χ1n) is 3.93. The molecule has 0 fully saturated rings. The van der Waals surface area contributed by atoms with E-state index < -0.39 is 0 Å². The summed E-state index contributed by atoms with van der Waals surface area (Å²) in [5.41, 5.74) is 2.87. The van der Waals surface area contributed by atoms with Crippen molar-refractivity contribution in [1.29, 1.82) is 0 Å². The molecule has 5 heteroatoms. The highest BCUT2D eigenvalue weighted by atomic mass is 79.9. The quantitative estimate of drug-likeness (QED) is 0.667. The van der Waals surface area contributed by atoms with Crippen LogP contribution in [0.15, 0.2) is 23.3 Å². The summed E-state index contributed by atoms with van der Waals surface area (Å²) < 4.78 is 18.8. The van der Waals surface area contributed by atoms with E-state index >= 15 is 0 Å². The fourth-order valence-electron chi connectivity index (χ4n) is 1.03. The monoisotopic (exact) mass is 260 g/mol. The summed E-state index contributed by atoms with van der Waals surface area (Å²) in [6.45, 7) is 0. The van der Waals surface area contributed by atoms with E-state index in [-0.39, 0.29) is 5.82 Å². The first kappa shape index (κ1) is 11.0. The number of methoxy groups -OCH3 is 1. The van der Waals surface area contributed by atoms with Gasteiger partial charge in [-0.1, -0.05) is 6.07 Å². The van der Waals surface area contributed by atoms with Gasteiger partial charge >= 0.3 is 0 Å². The zero-order valence-electron chi connectivity index (χ0n) is 7.84. The van der Waals surface area contributed by atoms with Crippen molar-refractivity contribution in [3.63, 3.8) is 0 Å². The van der Waals surface area contributed by atoms with Gasteiger partial charge in [-0.05, 0) is 28.1 Å². The van der Waals surface area contributed by atoms with E-state index in [1.165, 1.54) is 13.2 Å². The maximum absolute atomic E-state index is 13.4. The molecule has 0 atom stereocenters. The smallest absolute Gasteiger partial charge is 0.139 e. The highest BCUT2D eigenvalue weighted by Gasteiger charge is 2.12. The fourth-order valence-corrected chi connectivity index (χ4v) is 1.59. The Labute approximate surface area is 90.1 Å². The Morgan fingerprint density at radius 2 is 2.29 bits per heavy atom. The number of benzene rings is 1. The molecule has 1 N–H and O–H groups in total. The summed E-state index contributed by atoms with van der Waals surface area (Å²) in [5.74, 6) is 0.0612. The minimum atomic E-state index is -0.379. The average Bonchev–Trinajstić information content (AvgIpc) is 2.17. The number of halogens is 2. The summed E-state index contributed by atoms with van der Waals surface area (Å²) in [7, 11) is 3.12. The molecule has 0 aromatic heterocycles. The van der Waals surface area contributed by atoms with E-state index in [4.69, 9.17) is 4.74 Å². The van der Waals surface area contributed by atoms with Crippen molar-refractivity contribution >= 4 is 20.6 Å². The third kappa shape index (κ3) is 2.23. The molecule has 3 nitrogen and oxygen atoms in total. The van der Waals surface area contributed by atoms with Gasteiger partial charge in [0.2, 0.25) is 0 Å². The lowest BCUT2D eigenvalue weighted by Gasteiger charge is -2.07. The number of hydrogen-bond acceptors (Lipinski definition) is 3. The van der Waals surface area contributed by atoms with Crippen LogP contribution in [0.4, 0.5) is 4.39 Å². The summed E-state index contributed by atoms with van der Waals surface area (Å²) in [4.78, 5) is 0. The van der Waals surface area contributed by atoms with E-state index in [1.54, 1.807) is 19.2 Å². The molecule has 0 aliphatic rings. The van der Waals surface area contributed by atoms with Crippen molar-refractivity contribution in [3.05, 3.63) is 29.6 Å². The molecule has 1 rings (SSSR count). The molecule has 0 heterocycles. The first-order valence-corrected chi connectivity index (χ1v) is 4.72. The molecule has 0 saturated heterocycles. The molecule has 0 spiro atoms. The molecular weight excluding hydrogens is 251 g/mol. The normalized spacial score (nSPS) is 11.3. The van der Waals surface area contributed by atoms with Gasteiger partial charge in [-0.15, -0.1) is 0 Å².